The van der Waals surface area contributed by atoms with Gasteiger partial charge in [0.25, 0.3) is 5.69 Å². The van der Waals surface area contributed by atoms with Gasteiger partial charge in [-0.2, -0.15) is 0 Å². The maximum absolute atomic E-state index is 13.7. The normalized spacial score (nSPS) is 18.5. The number of benzene rings is 2. The van der Waals surface area contributed by atoms with E-state index in [2.05, 4.69) is 25.3 Å². The van der Waals surface area contributed by atoms with E-state index in [-0.39, 0.29) is 22.5 Å². The van der Waals surface area contributed by atoms with E-state index >= 15 is 0 Å². The zero-order valence-electron chi connectivity index (χ0n) is 18.3. The molecule has 2 fully saturated rings. The number of nitrogens with zero attached hydrogens (tertiary/aromatic N) is 7. The topological polar surface area (TPSA) is 93.2 Å². The summed E-state index contributed by atoms with van der Waals surface area (Å²) in [6.45, 7) is 3.05. The number of piperazine rings is 1. The van der Waals surface area contributed by atoms with Crippen molar-refractivity contribution in [1.29, 1.82) is 0 Å². The van der Waals surface area contributed by atoms with Crippen molar-refractivity contribution in [2.45, 2.75) is 37.8 Å². The molecule has 10 heteroatoms. The molecule has 2 aromatic carbocycles. The minimum Gasteiger partial charge on any atom is -0.369 e. The molecule has 0 N–H and O–H groups in total. The van der Waals surface area contributed by atoms with E-state index in [1.807, 2.05) is 16.8 Å². The Morgan fingerprint density at radius 1 is 0.970 bits per heavy atom. The number of tetrazole rings is 1. The Hall–Kier alpha value is -3.40. The molecule has 33 heavy (non-hydrogen) atoms. The quantitative estimate of drug-likeness (QED) is 0.416. The lowest BCUT2D eigenvalue weighted by Gasteiger charge is -2.40. The van der Waals surface area contributed by atoms with E-state index in [4.69, 9.17) is 0 Å². The van der Waals surface area contributed by atoms with Gasteiger partial charge in [-0.1, -0.05) is 25.0 Å². The van der Waals surface area contributed by atoms with Gasteiger partial charge in [0.1, 0.15) is 5.82 Å². The predicted octanol–water partition coefficient (Wildman–Crippen LogP) is 3.75. The Balaban J connectivity index is 1.38. The minimum atomic E-state index is -0.385. The molecule has 1 aromatic heterocycles. The summed E-state index contributed by atoms with van der Waals surface area (Å²) in [7, 11) is 0. The first-order valence-electron chi connectivity index (χ1n) is 11.4. The minimum absolute atomic E-state index is 0.0903. The second-order valence-corrected chi connectivity index (χ2v) is 8.67. The lowest BCUT2D eigenvalue weighted by molar-refractivity contribution is -0.384. The van der Waals surface area contributed by atoms with Crippen molar-refractivity contribution in [2.24, 2.45) is 0 Å². The summed E-state index contributed by atoms with van der Waals surface area (Å²) in [5, 5.41) is 23.7. The van der Waals surface area contributed by atoms with Crippen molar-refractivity contribution < 1.29 is 9.31 Å². The van der Waals surface area contributed by atoms with Crippen molar-refractivity contribution in [1.82, 2.24) is 25.1 Å². The molecule has 5 rings (SSSR count). The standard InChI is InChI=1S/C23H26FN7O2/c24-18-7-5-17(6-8-18)22(23-25-26-27-30(23)20-3-1-2-4-20)29-15-13-28(14-16-29)19-9-11-21(12-10-19)31(32)33/h5-12,20,22H,1-4,13-16H2. The number of hydrogen-bond acceptors (Lipinski definition) is 7. The van der Waals surface area contributed by atoms with Crippen LogP contribution in [0.5, 0.6) is 0 Å². The lowest BCUT2D eigenvalue weighted by Crippen LogP contribution is -2.48. The SMILES string of the molecule is O=[N+]([O-])c1ccc(N2CCN(C(c3ccc(F)cc3)c3nnnn3C3CCCC3)CC2)cc1. The van der Waals surface area contributed by atoms with E-state index in [0.29, 0.717) is 6.04 Å². The number of nitro groups is 1. The highest BCUT2D eigenvalue weighted by Gasteiger charge is 2.33. The van der Waals surface area contributed by atoms with Gasteiger partial charge in [0.15, 0.2) is 5.82 Å². The van der Waals surface area contributed by atoms with Crippen molar-refractivity contribution in [3.63, 3.8) is 0 Å². The molecule has 0 bridgehead atoms. The smallest absolute Gasteiger partial charge is 0.269 e. The number of rotatable bonds is 6. The molecule has 2 heterocycles. The van der Waals surface area contributed by atoms with E-state index in [0.717, 1.165) is 56.1 Å². The van der Waals surface area contributed by atoms with Crippen LogP contribution in [-0.2, 0) is 0 Å². The number of anilines is 1. The Kier molecular flexibility index (Phi) is 5.99. The van der Waals surface area contributed by atoms with E-state index in [1.165, 1.54) is 25.0 Å². The summed E-state index contributed by atoms with van der Waals surface area (Å²) in [4.78, 5) is 15.1. The van der Waals surface area contributed by atoms with Gasteiger partial charge in [-0.25, -0.2) is 9.07 Å². The third-order valence-corrected chi connectivity index (χ3v) is 6.72. The fourth-order valence-corrected chi connectivity index (χ4v) is 4.98. The van der Waals surface area contributed by atoms with Gasteiger partial charge in [0.05, 0.1) is 17.0 Å². The van der Waals surface area contributed by atoms with Gasteiger partial charge in [0, 0.05) is 44.0 Å². The summed E-state index contributed by atoms with van der Waals surface area (Å²) in [5.74, 6) is 0.535. The molecule has 0 amide bonds. The molecule has 3 aromatic rings. The van der Waals surface area contributed by atoms with Crippen molar-refractivity contribution >= 4 is 11.4 Å². The summed E-state index contributed by atoms with van der Waals surface area (Å²) >= 11 is 0. The second kappa shape index (κ2) is 9.22. The molecule has 9 nitrogen and oxygen atoms in total. The Bertz CT molecular complexity index is 1090. The van der Waals surface area contributed by atoms with Crippen molar-refractivity contribution in [2.75, 3.05) is 31.1 Å². The van der Waals surface area contributed by atoms with E-state index in [1.54, 1.807) is 24.3 Å². The van der Waals surface area contributed by atoms with Crippen LogP contribution in [0.1, 0.15) is 49.2 Å². The number of nitro benzene ring substituents is 1. The largest absolute Gasteiger partial charge is 0.369 e. The highest BCUT2D eigenvalue weighted by atomic mass is 19.1. The van der Waals surface area contributed by atoms with Gasteiger partial charge in [0.2, 0.25) is 0 Å². The van der Waals surface area contributed by atoms with Crippen LogP contribution in [-0.4, -0.2) is 56.2 Å². The average Bonchev–Trinajstić information content (AvgIpc) is 3.53. The van der Waals surface area contributed by atoms with Crippen LogP contribution in [0, 0.1) is 15.9 Å². The number of non-ortho nitro benzene ring substituents is 1. The molecule has 172 valence electrons. The molecule has 1 saturated carbocycles. The maximum Gasteiger partial charge on any atom is 0.269 e. The van der Waals surface area contributed by atoms with Gasteiger partial charge >= 0.3 is 0 Å². The van der Waals surface area contributed by atoms with Crippen molar-refractivity contribution in [3.05, 3.63) is 75.9 Å². The zero-order chi connectivity index (χ0) is 22.8. The van der Waals surface area contributed by atoms with Crippen LogP contribution in [0.2, 0.25) is 0 Å². The average molecular weight is 452 g/mol. The van der Waals surface area contributed by atoms with Crippen LogP contribution in [0.3, 0.4) is 0 Å². The fraction of sp³-hybridized carbons (Fsp3) is 0.435. The van der Waals surface area contributed by atoms with Crippen molar-refractivity contribution in [3.8, 4) is 0 Å². The molecular weight excluding hydrogens is 425 g/mol. The van der Waals surface area contributed by atoms with E-state index in [9.17, 15) is 14.5 Å². The summed E-state index contributed by atoms with van der Waals surface area (Å²) < 4.78 is 15.6. The Labute approximate surface area is 191 Å². The fourth-order valence-electron chi connectivity index (χ4n) is 4.98. The lowest BCUT2D eigenvalue weighted by atomic mass is 10.0. The van der Waals surface area contributed by atoms with Gasteiger partial charge < -0.3 is 4.90 Å². The number of halogens is 1. The molecule has 1 aliphatic carbocycles. The number of aromatic nitrogens is 4. The second-order valence-electron chi connectivity index (χ2n) is 8.67. The predicted molar refractivity (Wildman–Crippen MR) is 120 cm³/mol. The van der Waals surface area contributed by atoms with Crippen LogP contribution in [0.25, 0.3) is 0 Å². The van der Waals surface area contributed by atoms with Crippen LogP contribution in [0.4, 0.5) is 15.8 Å². The molecule has 1 aliphatic heterocycles. The molecule has 0 radical (unpaired) electrons. The van der Waals surface area contributed by atoms with Gasteiger partial charge in [-0.15, -0.1) is 5.10 Å². The summed E-state index contributed by atoms with van der Waals surface area (Å²) in [5.41, 5.74) is 2.02. The molecule has 2 aliphatic rings. The summed E-state index contributed by atoms with van der Waals surface area (Å²) in [6, 6.07) is 13.4. The van der Waals surface area contributed by atoms with E-state index < -0.39 is 0 Å². The molecular formula is C23H26FN7O2. The third-order valence-electron chi connectivity index (χ3n) is 6.72. The molecule has 1 saturated heterocycles. The first-order valence-corrected chi connectivity index (χ1v) is 11.4. The molecule has 1 unspecified atom stereocenters. The molecule has 1 atom stereocenters. The first-order chi connectivity index (χ1) is 16.1. The first kappa shape index (κ1) is 21.4. The van der Waals surface area contributed by atoms with Crippen LogP contribution in [0.15, 0.2) is 48.5 Å². The number of hydrogen-bond donors (Lipinski definition) is 0. The highest BCUT2D eigenvalue weighted by Crippen LogP contribution is 2.35. The highest BCUT2D eigenvalue weighted by molar-refractivity contribution is 5.51. The van der Waals surface area contributed by atoms with Crippen LogP contribution >= 0.6 is 0 Å². The zero-order valence-corrected chi connectivity index (χ0v) is 18.3. The van der Waals surface area contributed by atoms with Gasteiger partial charge in [-0.3, -0.25) is 15.0 Å². The Morgan fingerprint density at radius 2 is 1.64 bits per heavy atom. The third kappa shape index (κ3) is 4.43. The monoisotopic (exact) mass is 451 g/mol. The summed E-state index contributed by atoms with van der Waals surface area (Å²) in [6.07, 6.45) is 4.50. The van der Waals surface area contributed by atoms with Gasteiger partial charge in [-0.05, 0) is 53.1 Å². The van der Waals surface area contributed by atoms with Crippen LogP contribution < -0.4 is 4.90 Å². The maximum atomic E-state index is 13.7. The Morgan fingerprint density at radius 3 is 2.27 bits per heavy atom. The molecule has 0 spiro atoms.